The van der Waals surface area contributed by atoms with Crippen LogP contribution in [-0.2, 0) is 17.6 Å². The Labute approximate surface area is 149 Å². The minimum absolute atomic E-state index is 0.0375. The lowest BCUT2D eigenvalue weighted by molar-refractivity contribution is -0.120. The summed E-state index contributed by atoms with van der Waals surface area (Å²) in [4.78, 5) is 16.5. The van der Waals surface area contributed by atoms with Crippen LogP contribution in [0, 0.1) is 6.92 Å². The fraction of sp³-hybridized carbons (Fsp3) is 0.222. The lowest BCUT2D eigenvalue weighted by Gasteiger charge is -2.04. The number of aromatic nitrogens is 1. The van der Waals surface area contributed by atoms with Crippen LogP contribution in [0.15, 0.2) is 46.2 Å². The zero-order chi connectivity index (χ0) is 16.9. The monoisotopic (exact) mass is 360 g/mol. The van der Waals surface area contributed by atoms with Gasteiger partial charge in [-0.25, -0.2) is 4.98 Å². The number of amides is 1. The molecule has 3 aromatic rings. The summed E-state index contributed by atoms with van der Waals surface area (Å²) in [5.74, 6) is 1.55. The van der Waals surface area contributed by atoms with Gasteiger partial charge >= 0.3 is 0 Å². The second-order valence-electron chi connectivity index (χ2n) is 5.46. The lowest BCUT2D eigenvalue weighted by atomic mass is 10.1. The zero-order valence-corrected chi connectivity index (χ0v) is 14.8. The molecule has 0 saturated carbocycles. The summed E-state index contributed by atoms with van der Waals surface area (Å²) in [5.41, 5.74) is 1.86. The summed E-state index contributed by atoms with van der Waals surface area (Å²) >= 11 is 7.43. The van der Waals surface area contributed by atoms with E-state index in [9.17, 15) is 4.79 Å². The van der Waals surface area contributed by atoms with Gasteiger partial charge in [0.2, 0.25) is 5.91 Å². The van der Waals surface area contributed by atoms with E-state index in [1.165, 1.54) is 11.3 Å². The number of furan rings is 1. The van der Waals surface area contributed by atoms with Crippen molar-refractivity contribution in [3.05, 3.63) is 63.8 Å². The van der Waals surface area contributed by atoms with Crippen LogP contribution in [0.5, 0.6) is 0 Å². The third-order valence-corrected chi connectivity index (χ3v) is 4.61. The maximum absolute atomic E-state index is 12.0. The average molecular weight is 361 g/mol. The summed E-state index contributed by atoms with van der Waals surface area (Å²) in [5, 5.41) is 6.31. The predicted molar refractivity (Wildman–Crippen MR) is 96.4 cm³/mol. The van der Waals surface area contributed by atoms with Crippen LogP contribution < -0.4 is 5.32 Å². The van der Waals surface area contributed by atoms with Crippen molar-refractivity contribution in [2.24, 2.45) is 0 Å². The molecule has 0 radical (unpaired) electrons. The van der Waals surface area contributed by atoms with Gasteiger partial charge in [-0.2, -0.15) is 0 Å². The summed E-state index contributed by atoms with van der Waals surface area (Å²) < 4.78 is 5.55. The Bertz CT molecular complexity index is 841. The quantitative estimate of drug-likeness (QED) is 0.714. The van der Waals surface area contributed by atoms with Gasteiger partial charge in [-0.15, -0.1) is 11.3 Å². The third-order valence-electron chi connectivity index (χ3n) is 3.47. The number of nitrogens with one attached hydrogen (secondary N) is 1. The van der Waals surface area contributed by atoms with Crippen molar-refractivity contribution >= 4 is 28.8 Å². The Hall–Kier alpha value is -2.11. The van der Waals surface area contributed by atoms with E-state index in [-0.39, 0.29) is 12.3 Å². The number of hydrogen-bond donors (Lipinski definition) is 1. The van der Waals surface area contributed by atoms with E-state index in [1.54, 1.807) is 0 Å². The maximum Gasteiger partial charge on any atom is 0.226 e. The Balaban J connectivity index is 1.49. The molecule has 0 aliphatic carbocycles. The van der Waals surface area contributed by atoms with Crippen molar-refractivity contribution < 1.29 is 9.21 Å². The first kappa shape index (κ1) is 16.7. The van der Waals surface area contributed by atoms with Gasteiger partial charge in [0.25, 0.3) is 0 Å². The van der Waals surface area contributed by atoms with E-state index in [1.807, 2.05) is 48.7 Å². The van der Waals surface area contributed by atoms with Crippen LogP contribution in [0.1, 0.15) is 17.0 Å². The van der Waals surface area contributed by atoms with Crippen LogP contribution in [0.4, 0.5) is 0 Å². The van der Waals surface area contributed by atoms with Crippen LogP contribution in [0.2, 0.25) is 5.02 Å². The zero-order valence-electron chi connectivity index (χ0n) is 13.2. The van der Waals surface area contributed by atoms with Crippen molar-refractivity contribution in [2.75, 3.05) is 6.54 Å². The summed E-state index contributed by atoms with van der Waals surface area (Å²) in [6.45, 7) is 2.47. The Kier molecular flexibility index (Phi) is 5.33. The molecule has 0 fully saturated rings. The number of benzene rings is 1. The molecular formula is C18H17ClN2O2S. The van der Waals surface area contributed by atoms with Crippen molar-refractivity contribution in [3.63, 3.8) is 0 Å². The van der Waals surface area contributed by atoms with Gasteiger partial charge in [0.05, 0.1) is 12.1 Å². The van der Waals surface area contributed by atoms with E-state index in [0.717, 1.165) is 34.2 Å². The fourth-order valence-electron chi connectivity index (χ4n) is 2.32. The predicted octanol–water partition coefficient (Wildman–Crippen LogP) is 4.27. The molecule has 3 rings (SSSR count). The van der Waals surface area contributed by atoms with Crippen LogP contribution >= 0.6 is 22.9 Å². The molecule has 1 N–H and O–H groups in total. The number of nitrogens with zero attached hydrogens (tertiary/aromatic N) is 1. The average Bonchev–Trinajstić information content (AvgIpc) is 3.16. The molecule has 4 nitrogen and oxygen atoms in total. The molecule has 0 aliphatic rings. The lowest BCUT2D eigenvalue weighted by Crippen LogP contribution is -2.27. The molecule has 0 bridgehead atoms. The number of aryl methyl sites for hydroxylation is 1. The third kappa shape index (κ3) is 4.46. The van der Waals surface area contributed by atoms with Gasteiger partial charge < -0.3 is 9.73 Å². The number of thiazole rings is 1. The summed E-state index contributed by atoms with van der Waals surface area (Å²) in [6.07, 6.45) is 1.02. The number of carbonyl (C=O) groups excluding carboxylic acids is 1. The Morgan fingerprint density at radius 1 is 1.33 bits per heavy atom. The van der Waals surface area contributed by atoms with Crippen molar-refractivity contribution in [1.82, 2.24) is 10.3 Å². The fourth-order valence-corrected chi connectivity index (χ4v) is 3.31. The van der Waals surface area contributed by atoms with E-state index in [4.69, 9.17) is 16.0 Å². The minimum Gasteiger partial charge on any atom is -0.459 e. The highest BCUT2D eigenvalue weighted by molar-refractivity contribution is 7.13. The van der Waals surface area contributed by atoms with E-state index in [2.05, 4.69) is 10.3 Å². The molecule has 24 heavy (non-hydrogen) atoms. The van der Waals surface area contributed by atoms with Crippen LogP contribution in [-0.4, -0.2) is 17.4 Å². The molecule has 6 heteroatoms. The highest BCUT2D eigenvalue weighted by Gasteiger charge is 2.11. The SMILES string of the molecule is Cc1ccc(-c2nc(CC(=O)NCCc3cccc(Cl)c3)cs2)o1. The molecular weight excluding hydrogens is 344 g/mol. The van der Waals surface area contributed by atoms with E-state index < -0.39 is 0 Å². The van der Waals surface area contributed by atoms with Gasteiger partial charge in [0, 0.05) is 16.9 Å². The smallest absolute Gasteiger partial charge is 0.226 e. The molecule has 0 atom stereocenters. The topological polar surface area (TPSA) is 55.1 Å². The largest absolute Gasteiger partial charge is 0.459 e. The van der Waals surface area contributed by atoms with Crippen molar-refractivity contribution in [2.45, 2.75) is 19.8 Å². The Morgan fingerprint density at radius 2 is 2.21 bits per heavy atom. The van der Waals surface area contributed by atoms with Crippen molar-refractivity contribution in [1.29, 1.82) is 0 Å². The van der Waals surface area contributed by atoms with Crippen molar-refractivity contribution in [3.8, 4) is 10.8 Å². The highest BCUT2D eigenvalue weighted by atomic mass is 35.5. The normalized spacial score (nSPS) is 10.8. The van der Waals surface area contributed by atoms with E-state index >= 15 is 0 Å². The minimum atomic E-state index is -0.0375. The first-order valence-corrected chi connectivity index (χ1v) is 8.88. The first-order valence-electron chi connectivity index (χ1n) is 7.62. The maximum atomic E-state index is 12.0. The van der Waals surface area contributed by atoms with Gasteiger partial charge in [-0.05, 0) is 43.2 Å². The summed E-state index contributed by atoms with van der Waals surface area (Å²) in [6, 6.07) is 11.4. The van der Waals surface area contributed by atoms with E-state index in [0.29, 0.717) is 11.6 Å². The van der Waals surface area contributed by atoms with Crippen LogP contribution in [0.25, 0.3) is 10.8 Å². The molecule has 0 aliphatic heterocycles. The number of halogens is 1. The highest BCUT2D eigenvalue weighted by Crippen LogP contribution is 2.25. The second-order valence-corrected chi connectivity index (χ2v) is 6.76. The molecule has 1 aromatic carbocycles. The molecule has 124 valence electrons. The Morgan fingerprint density at radius 3 is 2.96 bits per heavy atom. The van der Waals surface area contributed by atoms with Gasteiger partial charge in [0.1, 0.15) is 5.76 Å². The number of carbonyl (C=O) groups is 1. The molecule has 0 saturated heterocycles. The molecule has 0 unspecified atom stereocenters. The van der Waals surface area contributed by atoms with Gasteiger partial charge in [0.15, 0.2) is 10.8 Å². The second kappa shape index (κ2) is 7.64. The summed E-state index contributed by atoms with van der Waals surface area (Å²) in [7, 11) is 0. The van der Waals surface area contributed by atoms with Gasteiger partial charge in [-0.3, -0.25) is 4.79 Å². The molecule has 2 aromatic heterocycles. The number of hydrogen-bond acceptors (Lipinski definition) is 4. The van der Waals surface area contributed by atoms with Gasteiger partial charge in [-0.1, -0.05) is 23.7 Å². The standard InChI is InChI=1S/C18H17ClN2O2S/c1-12-5-6-16(23-12)18-21-15(11-24-18)10-17(22)20-8-7-13-3-2-4-14(19)9-13/h2-6,9,11H,7-8,10H2,1H3,(H,20,22). The molecule has 0 spiro atoms. The first-order chi connectivity index (χ1) is 11.6. The van der Waals surface area contributed by atoms with Crippen LogP contribution in [0.3, 0.4) is 0 Å². The molecule has 1 amide bonds. The molecule has 2 heterocycles. The number of rotatable bonds is 6.